The van der Waals surface area contributed by atoms with Gasteiger partial charge in [-0.25, -0.2) is 20.2 Å². The van der Waals surface area contributed by atoms with Gasteiger partial charge in [-0.3, -0.25) is 4.79 Å². The number of rotatable bonds is 6. The first kappa shape index (κ1) is 19.1. The number of hydrogen-bond donors (Lipinski definition) is 4. The Morgan fingerprint density at radius 3 is 2.69 bits per heavy atom. The number of hydrazine groups is 1. The number of nitrogens with two attached hydrogens (primary N) is 3. The summed E-state index contributed by atoms with van der Waals surface area (Å²) in [6.45, 7) is 3.71. The summed E-state index contributed by atoms with van der Waals surface area (Å²) in [7, 11) is 0. The number of allylic oxidation sites excluding steroid dienone is 1. The second-order valence-corrected chi connectivity index (χ2v) is 5.73. The van der Waals surface area contributed by atoms with Crippen LogP contribution in [0, 0.1) is 12.7 Å². The topological polar surface area (TPSA) is 136 Å². The SMILES string of the molecule is C/C(=C(/N)CNC(=O)c1ccccc1F)N(N)Cc1cnc(C)nc1N. The molecule has 1 amide bonds. The highest BCUT2D eigenvalue weighted by atomic mass is 19.1. The van der Waals surface area contributed by atoms with E-state index in [1.807, 2.05) is 0 Å². The van der Waals surface area contributed by atoms with Crippen molar-refractivity contribution in [3.8, 4) is 0 Å². The van der Waals surface area contributed by atoms with Gasteiger partial charge in [-0.2, -0.15) is 0 Å². The average molecular weight is 359 g/mol. The van der Waals surface area contributed by atoms with Crippen LogP contribution in [0.2, 0.25) is 0 Å². The van der Waals surface area contributed by atoms with Crippen LogP contribution < -0.4 is 22.6 Å². The number of aryl methyl sites for hydroxylation is 1. The molecule has 0 unspecified atom stereocenters. The van der Waals surface area contributed by atoms with Gasteiger partial charge in [-0.05, 0) is 26.0 Å². The lowest BCUT2D eigenvalue weighted by atomic mass is 10.2. The molecule has 0 atom stereocenters. The fraction of sp³-hybridized carbons (Fsp3) is 0.235. The van der Waals surface area contributed by atoms with Gasteiger partial charge in [0, 0.05) is 23.2 Å². The van der Waals surface area contributed by atoms with Crippen molar-refractivity contribution < 1.29 is 9.18 Å². The van der Waals surface area contributed by atoms with E-state index in [1.165, 1.54) is 23.2 Å². The van der Waals surface area contributed by atoms with Crippen molar-refractivity contribution in [2.45, 2.75) is 20.4 Å². The number of nitrogens with one attached hydrogen (secondary N) is 1. The van der Waals surface area contributed by atoms with Gasteiger partial charge in [0.2, 0.25) is 0 Å². The number of benzene rings is 1. The quantitative estimate of drug-likeness (QED) is 0.442. The van der Waals surface area contributed by atoms with Crippen molar-refractivity contribution in [2.75, 3.05) is 12.3 Å². The number of carbonyl (C=O) groups is 1. The van der Waals surface area contributed by atoms with E-state index in [-0.39, 0.29) is 18.7 Å². The van der Waals surface area contributed by atoms with Crippen LogP contribution in [-0.2, 0) is 6.54 Å². The number of carbonyl (C=O) groups excluding carboxylic acids is 1. The zero-order valence-corrected chi connectivity index (χ0v) is 14.7. The maximum absolute atomic E-state index is 13.6. The number of halogens is 1. The zero-order valence-electron chi connectivity index (χ0n) is 14.7. The summed E-state index contributed by atoms with van der Waals surface area (Å²) >= 11 is 0. The van der Waals surface area contributed by atoms with E-state index >= 15 is 0 Å². The van der Waals surface area contributed by atoms with Crippen LogP contribution in [0.4, 0.5) is 10.2 Å². The van der Waals surface area contributed by atoms with Gasteiger partial charge in [0.1, 0.15) is 17.5 Å². The van der Waals surface area contributed by atoms with Crippen LogP contribution in [0.15, 0.2) is 41.9 Å². The lowest BCUT2D eigenvalue weighted by Crippen LogP contribution is -2.35. The van der Waals surface area contributed by atoms with Gasteiger partial charge in [0.15, 0.2) is 0 Å². The Balaban J connectivity index is 2.01. The number of nitrogens with zero attached hydrogens (tertiary/aromatic N) is 3. The molecule has 0 saturated carbocycles. The fourth-order valence-corrected chi connectivity index (χ4v) is 2.16. The Labute approximate surface area is 150 Å². The van der Waals surface area contributed by atoms with Crippen LogP contribution in [0.25, 0.3) is 0 Å². The summed E-state index contributed by atoms with van der Waals surface area (Å²) in [5, 5.41) is 3.95. The highest BCUT2D eigenvalue weighted by molar-refractivity contribution is 5.94. The van der Waals surface area contributed by atoms with Crippen LogP contribution in [0.5, 0.6) is 0 Å². The van der Waals surface area contributed by atoms with Crippen molar-refractivity contribution in [1.82, 2.24) is 20.3 Å². The number of anilines is 1. The van der Waals surface area contributed by atoms with E-state index in [9.17, 15) is 9.18 Å². The molecule has 7 N–H and O–H groups in total. The average Bonchev–Trinajstić information content (AvgIpc) is 2.61. The van der Waals surface area contributed by atoms with Gasteiger partial charge in [0.25, 0.3) is 5.91 Å². The standard InChI is InChI=1S/C17H22FN7O/c1-10(25(21)9-12-7-22-11(2)24-16(12)20)15(19)8-23-17(26)13-5-3-4-6-14(13)18/h3-7H,8-9,19,21H2,1-2H3,(H,23,26)(H2,20,22,24)/b15-10-. The van der Waals surface area contributed by atoms with Gasteiger partial charge < -0.3 is 21.8 Å². The van der Waals surface area contributed by atoms with Crippen molar-refractivity contribution in [3.05, 3.63) is 64.6 Å². The summed E-state index contributed by atoms with van der Waals surface area (Å²) in [5.41, 5.74) is 13.3. The highest BCUT2D eigenvalue weighted by Gasteiger charge is 2.13. The lowest BCUT2D eigenvalue weighted by molar-refractivity contribution is 0.0952. The molecule has 2 aromatic rings. The Hall–Kier alpha value is -3.20. The largest absolute Gasteiger partial charge is 0.399 e. The summed E-state index contributed by atoms with van der Waals surface area (Å²) in [4.78, 5) is 20.2. The van der Waals surface area contributed by atoms with Gasteiger partial charge in [-0.15, -0.1) is 0 Å². The maximum Gasteiger partial charge on any atom is 0.254 e. The molecule has 0 fully saturated rings. The fourth-order valence-electron chi connectivity index (χ4n) is 2.16. The summed E-state index contributed by atoms with van der Waals surface area (Å²) in [6, 6.07) is 5.71. The molecular weight excluding hydrogens is 337 g/mol. The van der Waals surface area contributed by atoms with E-state index in [4.69, 9.17) is 17.3 Å². The first-order chi connectivity index (χ1) is 12.3. The third kappa shape index (κ3) is 4.67. The normalized spacial score (nSPS) is 11.7. The molecule has 2 rings (SSSR count). The zero-order chi connectivity index (χ0) is 19.3. The predicted octanol–water partition coefficient (Wildman–Crippen LogP) is 0.802. The number of nitrogen functional groups attached to an aromatic ring is 1. The maximum atomic E-state index is 13.6. The third-order valence-corrected chi connectivity index (χ3v) is 3.81. The molecule has 1 heterocycles. The highest BCUT2D eigenvalue weighted by Crippen LogP contribution is 2.13. The first-order valence-electron chi connectivity index (χ1n) is 7.87. The Morgan fingerprint density at radius 2 is 2.04 bits per heavy atom. The molecule has 0 saturated heterocycles. The summed E-state index contributed by atoms with van der Waals surface area (Å²) in [6.07, 6.45) is 1.60. The minimum absolute atomic E-state index is 0.0204. The van der Waals surface area contributed by atoms with Crippen molar-refractivity contribution in [1.29, 1.82) is 0 Å². The number of hydrogen-bond acceptors (Lipinski definition) is 7. The van der Waals surface area contributed by atoms with Crippen LogP contribution in [0.3, 0.4) is 0 Å². The molecular formula is C17H22FN7O. The second-order valence-electron chi connectivity index (χ2n) is 5.73. The van der Waals surface area contributed by atoms with E-state index < -0.39 is 11.7 Å². The molecule has 26 heavy (non-hydrogen) atoms. The Morgan fingerprint density at radius 1 is 1.35 bits per heavy atom. The lowest BCUT2D eigenvalue weighted by Gasteiger charge is -2.22. The molecule has 0 aliphatic rings. The third-order valence-electron chi connectivity index (χ3n) is 3.81. The van der Waals surface area contributed by atoms with Crippen molar-refractivity contribution >= 4 is 11.7 Å². The molecule has 138 valence electrons. The van der Waals surface area contributed by atoms with E-state index in [1.54, 1.807) is 26.1 Å². The smallest absolute Gasteiger partial charge is 0.254 e. The monoisotopic (exact) mass is 359 g/mol. The molecule has 0 bridgehead atoms. The molecule has 0 spiro atoms. The Bertz CT molecular complexity index is 838. The van der Waals surface area contributed by atoms with Crippen molar-refractivity contribution in [2.24, 2.45) is 11.6 Å². The van der Waals surface area contributed by atoms with Gasteiger partial charge >= 0.3 is 0 Å². The van der Waals surface area contributed by atoms with Gasteiger partial charge in [-0.1, -0.05) is 12.1 Å². The first-order valence-corrected chi connectivity index (χ1v) is 7.87. The molecule has 0 aliphatic carbocycles. The molecule has 0 aliphatic heterocycles. The number of aromatic nitrogens is 2. The second kappa shape index (κ2) is 8.26. The Kier molecular flexibility index (Phi) is 6.07. The molecule has 8 nitrogen and oxygen atoms in total. The minimum atomic E-state index is -0.598. The number of amides is 1. The van der Waals surface area contributed by atoms with E-state index in [0.717, 1.165) is 0 Å². The van der Waals surface area contributed by atoms with E-state index in [2.05, 4.69) is 15.3 Å². The van der Waals surface area contributed by atoms with Crippen LogP contribution in [-0.4, -0.2) is 27.4 Å². The minimum Gasteiger partial charge on any atom is -0.399 e. The molecule has 1 aromatic carbocycles. The van der Waals surface area contributed by atoms with Crippen LogP contribution >= 0.6 is 0 Å². The summed E-state index contributed by atoms with van der Waals surface area (Å²) in [5.74, 6) is 5.76. The molecule has 1 aromatic heterocycles. The van der Waals surface area contributed by atoms with E-state index in [0.29, 0.717) is 28.6 Å². The predicted molar refractivity (Wildman–Crippen MR) is 96.5 cm³/mol. The van der Waals surface area contributed by atoms with Crippen molar-refractivity contribution in [3.63, 3.8) is 0 Å². The summed E-state index contributed by atoms with van der Waals surface area (Å²) < 4.78 is 13.6. The molecule has 0 radical (unpaired) electrons. The van der Waals surface area contributed by atoms with Gasteiger partial charge in [0.05, 0.1) is 18.7 Å². The van der Waals surface area contributed by atoms with Crippen LogP contribution in [0.1, 0.15) is 28.7 Å². The molecule has 9 heteroatoms.